The molecule has 116 valence electrons. The van der Waals surface area contributed by atoms with E-state index in [1.165, 1.54) is 15.2 Å². The quantitative estimate of drug-likeness (QED) is 0.484. The number of carbonyl (C=O) groups excluding carboxylic acids is 1. The number of carbonyl (C=O) groups is 1. The third kappa shape index (κ3) is 3.92. The summed E-state index contributed by atoms with van der Waals surface area (Å²) in [7, 11) is 1.65. The Bertz CT molecular complexity index is 627. The van der Waals surface area contributed by atoms with E-state index in [0.717, 1.165) is 12.2 Å². The van der Waals surface area contributed by atoms with Gasteiger partial charge in [-0.2, -0.15) is 4.57 Å². The lowest BCUT2D eigenvalue weighted by Crippen LogP contribution is -3.00. The molecule has 4 nitrogen and oxygen atoms in total. The van der Waals surface area contributed by atoms with Crippen molar-refractivity contribution in [1.82, 2.24) is 0 Å². The average molecular weight is 420 g/mol. The standard InChI is InChI=1S/C15H21N2O2S.HI/c1-5-16-12(3)20-15-7-6-13(10-14(15)16)17(11(2)18)8-9-19-4;/h6-7,10H,5,8-9H2,1-4H3;1H/q+1;/p-1. The van der Waals surface area contributed by atoms with E-state index in [9.17, 15) is 4.79 Å². The van der Waals surface area contributed by atoms with Crippen LogP contribution in [0.5, 0.6) is 0 Å². The minimum atomic E-state index is 0. The van der Waals surface area contributed by atoms with Crippen LogP contribution in [0.4, 0.5) is 5.69 Å². The molecule has 0 atom stereocenters. The summed E-state index contributed by atoms with van der Waals surface area (Å²) < 4.78 is 8.61. The second-order valence-corrected chi connectivity index (χ2v) is 5.92. The van der Waals surface area contributed by atoms with Gasteiger partial charge in [0.2, 0.25) is 16.4 Å². The van der Waals surface area contributed by atoms with E-state index in [0.29, 0.717) is 13.2 Å². The largest absolute Gasteiger partial charge is 1.00 e. The number of thiazole rings is 1. The first-order chi connectivity index (χ1) is 9.58. The Balaban J connectivity index is 0.00000220. The Kier molecular flexibility index (Phi) is 7.02. The number of halogens is 1. The molecule has 0 aliphatic heterocycles. The molecule has 1 aromatic carbocycles. The van der Waals surface area contributed by atoms with Crippen LogP contribution in [0.15, 0.2) is 18.2 Å². The van der Waals surface area contributed by atoms with Crippen LogP contribution in [0, 0.1) is 6.92 Å². The molecule has 0 saturated heterocycles. The topological polar surface area (TPSA) is 33.4 Å². The monoisotopic (exact) mass is 420 g/mol. The molecule has 1 heterocycles. The van der Waals surface area contributed by atoms with Crippen LogP contribution >= 0.6 is 11.3 Å². The number of aromatic nitrogens is 1. The summed E-state index contributed by atoms with van der Waals surface area (Å²) in [4.78, 5) is 13.6. The van der Waals surface area contributed by atoms with E-state index >= 15 is 0 Å². The van der Waals surface area contributed by atoms with Gasteiger partial charge in [0.1, 0.15) is 11.2 Å². The van der Waals surface area contributed by atoms with Crippen molar-refractivity contribution in [3.8, 4) is 0 Å². The average Bonchev–Trinajstić information content (AvgIpc) is 2.73. The summed E-state index contributed by atoms with van der Waals surface area (Å²) >= 11 is 1.78. The summed E-state index contributed by atoms with van der Waals surface area (Å²) in [5.74, 6) is 0.0383. The molecule has 0 radical (unpaired) electrons. The van der Waals surface area contributed by atoms with Gasteiger partial charge >= 0.3 is 0 Å². The minimum Gasteiger partial charge on any atom is -1.00 e. The highest BCUT2D eigenvalue weighted by atomic mass is 127. The normalized spacial score (nSPS) is 10.5. The molecular formula is C15H21IN2O2S. The van der Waals surface area contributed by atoms with Gasteiger partial charge in [0.25, 0.3) is 0 Å². The Morgan fingerprint density at radius 2 is 2.14 bits per heavy atom. The fourth-order valence-electron chi connectivity index (χ4n) is 2.40. The number of methoxy groups -OCH3 is 1. The molecule has 0 aliphatic carbocycles. The van der Waals surface area contributed by atoms with Gasteiger partial charge in [0, 0.05) is 33.6 Å². The summed E-state index contributed by atoms with van der Waals surface area (Å²) in [6.45, 7) is 7.90. The summed E-state index contributed by atoms with van der Waals surface area (Å²) in [5, 5.41) is 1.28. The van der Waals surface area contributed by atoms with Crippen molar-refractivity contribution in [3.05, 3.63) is 23.2 Å². The number of ether oxygens (including phenoxy) is 1. The number of amides is 1. The highest BCUT2D eigenvalue weighted by Crippen LogP contribution is 2.25. The number of hydrogen-bond donors (Lipinski definition) is 0. The molecule has 0 saturated carbocycles. The first-order valence-corrected chi connectivity index (χ1v) is 7.60. The van der Waals surface area contributed by atoms with Gasteiger partial charge < -0.3 is 33.6 Å². The first-order valence-electron chi connectivity index (χ1n) is 6.78. The van der Waals surface area contributed by atoms with Crippen LogP contribution in [0.1, 0.15) is 18.9 Å². The van der Waals surface area contributed by atoms with Gasteiger partial charge in [-0.05, 0) is 19.1 Å². The molecule has 1 aromatic heterocycles. The maximum Gasteiger partial charge on any atom is 0.235 e. The number of anilines is 1. The molecule has 0 unspecified atom stereocenters. The van der Waals surface area contributed by atoms with Gasteiger partial charge in [0.15, 0.2) is 0 Å². The third-order valence-electron chi connectivity index (χ3n) is 3.40. The lowest BCUT2D eigenvalue weighted by atomic mass is 10.2. The molecule has 0 aliphatic rings. The minimum absolute atomic E-state index is 0. The molecule has 0 bridgehead atoms. The van der Waals surface area contributed by atoms with Crippen molar-refractivity contribution in [1.29, 1.82) is 0 Å². The zero-order chi connectivity index (χ0) is 14.7. The van der Waals surface area contributed by atoms with Crippen LogP contribution in [0.2, 0.25) is 0 Å². The van der Waals surface area contributed by atoms with E-state index in [2.05, 4.69) is 30.5 Å². The lowest BCUT2D eigenvalue weighted by Gasteiger charge is -2.20. The van der Waals surface area contributed by atoms with Crippen molar-refractivity contribution < 1.29 is 38.1 Å². The molecule has 0 N–H and O–H groups in total. The van der Waals surface area contributed by atoms with Crippen LogP contribution in [0.3, 0.4) is 0 Å². The zero-order valence-electron chi connectivity index (χ0n) is 12.9. The molecule has 1 amide bonds. The van der Waals surface area contributed by atoms with Crippen LogP contribution in [-0.4, -0.2) is 26.2 Å². The number of rotatable bonds is 5. The van der Waals surface area contributed by atoms with Crippen molar-refractivity contribution in [3.63, 3.8) is 0 Å². The maximum absolute atomic E-state index is 11.8. The van der Waals surface area contributed by atoms with Crippen molar-refractivity contribution in [2.75, 3.05) is 25.2 Å². The summed E-state index contributed by atoms with van der Waals surface area (Å²) in [5.41, 5.74) is 2.12. The molecule has 6 heteroatoms. The van der Waals surface area contributed by atoms with Gasteiger partial charge in [-0.25, -0.2) is 0 Å². The number of nitrogens with zero attached hydrogens (tertiary/aromatic N) is 2. The van der Waals surface area contributed by atoms with Gasteiger partial charge in [-0.15, -0.1) is 0 Å². The molecule has 2 aromatic rings. The number of fused-ring (bicyclic) bond motifs is 1. The van der Waals surface area contributed by atoms with E-state index < -0.39 is 0 Å². The Morgan fingerprint density at radius 1 is 1.43 bits per heavy atom. The van der Waals surface area contributed by atoms with Crippen molar-refractivity contribution >= 4 is 33.1 Å². The number of benzene rings is 1. The van der Waals surface area contributed by atoms with Gasteiger partial charge in [0.05, 0.1) is 12.3 Å². The number of hydrogen-bond acceptors (Lipinski definition) is 3. The third-order valence-corrected chi connectivity index (χ3v) is 4.48. The molecule has 0 spiro atoms. The van der Waals surface area contributed by atoms with E-state index in [4.69, 9.17) is 4.74 Å². The molecular weight excluding hydrogens is 399 g/mol. The smallest absolute Gasteiger partial charge is 0.235 e. The van der Waals surface area contributed by atoms with Gasteiger partial charge in [-0.3, -0.25) is 4.79 Å². The predicted octanol–water partition coefficient (Wildman–Crippen LogP) is -0.480. The fraction of sp³-hybridized carbons (Fsp3) is 0.467. The van der Waals surface area contributed by atoms with E-state index in [1.807, 2.05) is 6.07 Å². The summed E-state index contributed by atoms with van der Waals surface area (Å²) in [6, 6.07) is 6.20. The molecule has 21 heavy (non-hydrogen) atoms. The van der Waals surface area contributed by atoms with Crippen molar-refractivity contribution in [2.45, 2.75) is 27.3 Å². The van der Waals surface area contributed by atoms with Crippen LogP contribution in [0.25, 0.3) is 10.2 Å². The first kappa shape index (κ1) is 18.3. The highest BCUT2D eigenvalue weighted by molar-refractivity contribution is 7.18. The predicted molar refractivity (Wildman–Crippen MR) is 82.3 cm³/mol. The van der Waals surface area contributed by atoms with Crippen LogP contribution in [-0.2, 0) is 16.1 Å². The second kappa shape index (κ2) is 8.05. The highest BCUT2D eigenvalue weighted by Gasteiger charge is 2.18. The fourth-order valence-corrected chi connectivity index (χ4v) is 3.46. The van der Waals surface area contributed by atoms with Crippen molar-refractivity contribution in [2.24, 2.45) is 0 Å². The molecule has 2 rings (SSSR count). The Labute approximate surface area is 146 Å². The SMILES string of the molecule is CC[n+]1c(C)sc2ccc(N(CCOC)C(C)=O)cc21.[I-]. The zero-order valence-corrected chi connectivity index (χ0v) is 15.8. The van der Waals surface area contributed by atoms with Gasteiger partial charge in [-0.1, -0.05) is 11.3 Å². The van der Waals surface area contributed by atoms with Crippen LogP contribution < -0.4 is 33.4 Å². The lowest BCUT2D eigenvalue weighted by molar-refractivity contribution is -0.669. The maximum atomic E-state index is 11.8. The van der Waals surface area contributed by atoms with E-state index in [-0.39, 0.29) is 29.9 Å². The molecule has 0 fully saturated rings. The van der Waals surface area contributed by atoms with E-state index in [1.54, 1.807) is 30.3 Å². The Morgan fingerprint density at radius 3 is 2.71 bits per heavy atom. The summed E-state index contributed by atoms with van der Waals surface area (Å²) in [6.07, 6.45) is 0. The second-order valence-electron chi connectivity index (χ2n) is 4.68. The number of aryl methyl sites for hydroxylation is 2. The Hall–Kier alpha value is -0.730.